The van der Waals surface area contributed by atoms with Gasteiger partial charge in [0.2, 0.25) is 0 Å². The van der Waals surface area contributed by atoms with Crippen molar-refractivity contribution in [1.82, 2.24) is 0 Å². The zero-order valence-corrected chi connectivity index (χ0v) is 27.2. The number of allylic oxidation sites excluding steroid dienone is 1. The monoisotopic (exact) mass is 638 g/mol. The number of para-hydroxylation sites is 1. The summed E-state index contributed by atoms with van der Waals surface area (Å²) in [5.74, 6) is 0.673. The van der Waals surface area contributed by atoms with Gasteiger partial charge in [-0.3, -0.25) is 0 Å². The van der Waals surface area contributed by atoms with Gasteiger partial charge >= 0.3 is 0 Å². The van der Waals surface area contributed by atoms with E-state index in [1.165, 1.54) is 32.3 Å². The fraction of sp³-hybridized carbons (Fsp3) is 0.0213. The van der Waals surface area contributed by atoms with Gasteiger partial charge in [0, 0.05) is 28.3 Å². The standard InChI is InChI=1S/C47H30N2O/c1-2-12-32(13-3-1)41-25-26-42(36-22-23-38-34(29-36)21-19-31-11-6-7-15-37(31)38)49-47(48-41)46-39(35-20-18-30-10-4-5-14-33(30)28-35)24-27-44-45(46)40-16-8-9-17-43(40)50-44/h1-24,26-29H,25H2. The smallest absolute Gasteiger partial charge is 0.161 e. The van der Waals surface area contributed by atoms with Crippen LogP contribution < -0.4 is 0 Å². The number of furan rings is 1. The van der Waals surface area contributed by atoms with Crippen LogP contribution in [0.4, 0.5) is 0 Å². The third-order valence-corrected chi connectivity index (χ3v) is 9.93. The average Bonchev–Trinajstić information content (AvgIpc) is 3.42. The molecule has 10 rings (SSSR count). The Hall–Kier alpha value is -6.58. The van der Waals surface area contributed by atoms with Crippen molar-refractivity contribution in [3.63, 3.8) is 0 Å². The minimum absolute atomic E-state index is 0.648. The largest absolute Gasteiger partial charge is 0.456 e. The van der Waals surface area contributed by atoms with E-state index in [0.29, 0.717) is 12.3 Å². The molecule has 0 bridgehead atoms. The third kappa shape index (κ3) is 4.75. The SMILES string of the molecule is C1=C(c2ccc3c(ccc4ccccc43)c2)N=C(c2c(-c3ccc4ccccc4c3)ccc3oc4ccccc4c23)N=C(c2ccccc2)C1. The van der Waals surface area contributed by atoms with E-state index < -0.39 is 0 Å². The van der Waals surface area contributed by atoms with Gasteiger partial charge in [0.25, 0.3) is 0 Å². The summed E-state index contributed by atoms with van der Waals surface area (Å²) in [6.45, 7) is 0. The Morgan fingerprint density at radius 3 is 2.02 bits per heavy atom. The maximum atomic E-state index is 6.46. The first-order valence-electron chi connectivity index (χ1n) is 17.0. The number of hydrogen-bond donors (Lipinski definition) is 0. The normalized spacial score (nSPS) is 13.5. The summed E-state index contributed by atoms with van der Waals surface area (Å²) in [5, 5.41) is 9.38. The van der Waals surface area contributed by atoms with Crippen LogP contribution in [0.15, 0.2) is 184 Å². The minimum Gasteiger partial charge on any atom is -0.456 e. The number of aliphatic imine (C=N–C) groups is 2. The molecule has 3 nitrogen and oxygen atoms in total. The molecule has 1 aliphatic rings. The molecule has 50 heavy (non-hydrogen) atoms. The summed E-state index contributed by atoms with van der Waals surface area (Å²) < 4.78 is 6.46. The molecule has 3 heteroatoms. The summed E-state index contributed by atoms with van der Waals surface area (Å²) in [7, 11) is 0. The molecule has 0 fully saturated rings. The predicted molar refractivity (Wildman–Crippen MR) is 210 cm³/mol. The van der Waals surface area contributed by atoms with Gasteiger partial charge in [-0.15, -0.1) is 0 Å². The van der Waals surface area contributed by atoms with E-state index in [-0.39, 0.29) is 0 Å². The van der Waals surface area contributed by atoms with E-state index >= 15 is 0 Å². The Morgan fingerprint density at radius 1 is 0.440 bits per heavy atom. The molecule has 0 atom stereocenters. The number of fused-ring (bicyclic) bond motifs is 7. The van der Waals surface area contributed by atoms with Gasteiger partial charge in [-0.25, -0.2) is 9.98 Å². The molecule has 2 heterocycles. The maximum Gasteiger partial charge on any atom is 0.161 e. The van der Waals surface area contributed by atoms with E-state index in [2.05, 4.69) is 152 Å². The minimum atomic E-state index is 0.648. The summed E-state index contributed by atoms with van der Waals surface area (Å²) in [5.41, 5.74) is 8.82. The molecule has 0 amide bonds. The zero-order valence-electron chi connectivity index (χ0n) is 27.2. The van der Waals surface area contributed by atoms with E-state index in [1.807, 2.05) is 18.2 Å². The number of rotatable bonds is 4. The molecular weight excluding hydrogens is 609 g/mol. The third-order valence-electron chi connectivity index (χ3n) is 9.93. The van der Waals surface area contributed by atoms with Crippen LogP contribution in [0.1, 0.15) is 23.1 Å². The lowest BCUT2D eigenvalue weighted by Crippen LogP contribution is -2.07. The highest BCUT2D eigenvalue weighted by Gasteiger charge is 2.23. The van der Waals surface area contributed by atoms with Crippen molar-refractivity contribution in [2.45, 2.75) is 6.42 Å². The molecule has 0 aliphatic carbocycles. The number of amidine groups is 1. The number of nitrogens with zero attached hydrogens (tertiary/aromatic N) is 2. The summed E-state index contributed by atoms with van der Waals surface area (Å²) in [6, 6.07) is 57.8. The van der Waals surface area contributed by atoms with Gasteiger partial charge in [0.1, 0.15) is 11.2 Å². The van der Waals surface area contributed by atoms with E-state index in [0.717, 1.165) is 61.2 Å². The number of hydrogen-bond acceptors (Lipinski definition) is 3. The Kier molecular flexibility index (Phi) is 6.56. The van der Waals surface area contributed by atoms with E-state index in [9.17, 15) is 0 Å². The molecule has 0 N–H and O–H groups in total. The van der Waals surface area contributed by atoms with Crippen LogP contribution >= 0.6 is 0 Å². The first kappa shape index (κ1) is 28.4. The quantitative estimate of drug-likeness (QED) is 0.177. The van der Waals surface area contributed by atoms with E-state index in [1.54, 1.807) is 0 Å². The van der Waals surface area contributed by atoms with Gasteiger partial charge in [0.15, 0.2) is 5.84 Å². The molecule has 8 aromatic carbocycles. The Labute approximate surface area is 289 Å². The average molecular weight is 639 g/mol. The topological polar surface area (TPSA) is 37.9 Å². The van der Waals surface area contributed by atoms with Crippen molar-refractivity contribution < 1.29 is 4.42 Å². The summed E-state index contributed by atoms with van der Waals surface area (Å²) >= 11 is 0. The van der Waals surface area contributed by atoms with Crippen molar-refractivity contribution >= 4 is 71.5 Å². The Bertz CT molecular complexity index is 2890. The van der Waals surface area contributed by atoms with Crippen LogP contribution in [0, 0.1) is 0 Å². The highest BCUT2D eigenvalue weighted by Crippen LogP contribution is 2.40. The van der Waals surface area contributed by atoms with Gasteiger partial charge in [-0.2, -0.15) is 0 Å². The van der Waals surface area contributed by atoms with Crippen LogP contribution in [-0.2, 0) is 0 Å². The highest BCUT2D eigenvalue weighted by molar-refractivity contribution is 6.26. The van der Waals surface area contributed by atoms with Crippen LogP contribution in [-0.4, -0.2) is 11.5 Å². The van der Waals surface area contributed by atoms with Crippen molar-refractivity contribution in [2.24, 2.45) is 9.98 Å². The fourth-order valence-electron chi connectivity index (χ4n) is 7.48. The van der Waals surface area contributed by atoms with Crippen LogP contribution in [0.5, 0.6) is 0 Å². The molecule has 0 unspecified atom stereocenters. The van der Waals surface area contributed by atoms with Crippen LogP contribution in [0.25, 0.3) is 71.1 Å². The molecule has 0 saturated carbocycles. The molecule has 1 aromatic heterocycles. The molecular formula is C47H30N2O. The summed E-state index contributed by atoms with van der Waals surface area (Å²) in [4.78, 5) is 10.9. The van der Waals surface area contributed by atoms with Crippen LogP contribution in [0.3, 0.4) is 0 Å². The maximum absolute atomic E-state index is 6.46. The van der Waals surface area contributed by atoms with Crippen molar-refractivity contribution in [2.75, 3.05) is 0 Å². The van der Waals surface area contributed by atoms with Gasteiger partial charge in [-0.1, -0.05) is 140 Å². The molecule has 0 spiro atoms. The lowest BCUT2D eigenvalue weighted by Gasteiger charge is -2.14. The Morgan fingerprint density at radius 2 is 1.12 bits per heavy atom. The zero-order chi connectivity index (χ0) is 33.0. The van der Waals surface area contributed by atoms with Crippen molar-refractivity contribution in [3.8, 4) is 11.1 Å². The van der Waals surface area contributed by atoms with Crippen LogP contribution in [0.2, 0.25) is 0 Å². The van der Waals surface area contributed by atoms with Gasteiger partial charge in [0.05, 0.1) is 11.4 Å². The van der Waals surface area contributed by atoms with Gasteiger partial charge < -0.3 is 4.42 Å². The first-order valence-corrected chi connectivity index (χ1v) is 17.0. The molecule has 0 saturated heterocycles. The second-order valence-corrected chi connectivity index (χ2v) is 12.9. The van der Waals surface area contributed by atoms with Gasteiger partial charge in [-0.05, 0) is 79.3 Å². The van der Waals surface area contributed by atoms with E-state index in [4.69, 9.17) is 14.4 Å². The lowest BCUT2D eigenvalue weighted by atomic mass is 9.93. The first-order chi connectivity index (χ1) is 24.8. The predicted octanol–water partition coefficient (Wildman–Crippen LogP) is 12.4. The van der Waals surface area contributed by atoms with Crippen molar-refractivity contribution in [1.29, 1.82) is 0 Å². The molecule has 234 valence electrons. The molecule has 9 aromatic rings. The fourth-order valence-corrected chi connectivity index (χ4v) is 7.48. The second-order valence-electron chi connectivity index (χ2n) is 12.9. The molecule has 0 radical (unpaired) electrons. The summed E-state index contributed by atoms with van der Waals surface area (Å²) in [6.07, 6.45) is 2.87. The highest BCUT2D eigenvalue weighted by atomic mass is 16.3. The lowest BCUT2D eigenvalue weighted by molar-refractivity contribution is 0.669. The second kappa shape index (κ2) is 11.5. The number of benzene rings is 8. The van der Waals surface area contributed by atoms with Crippen molar-refractivity contribution in [3.05, 3.63) is 187 Å². The Balaban J connectivity index is 1.25. The molecule has 1 aliphatic heterocycles.